The summed E-state index contributed by atoms with van der Waals surface area (Å²) in [7, 11) is 0. The zero-order chi connectivity index (χ0) is 21.3. The van der Waals surface area contributed by atoms with Crippen LogP contribution in [0.25, 0.3) is 11.1 Å². The second-order valence-corrected chi connectivity index (χ2v) is 7.22. The molecular formula is C26H29NO3. The molecule has 0 saturated heterocycles. The van der Waals surface area contributed by atoms with E-state index in [1.165, 1.54) is 5.56 Å². The standard InChI is InChI=1S/C26H29NO3/c1-4-19(3)27-26(28)22-13-16-25(29-5-2)23(17-22)18-30-24-14-11-21(12-15-24)20-9-7-6-8-10-20/h6-17,19H,4-5,18H2,1-3H3,(H,27,28)/t19-/m0/s1. The predicted molar refractivity (Wildman–Crippen MR) is 121 cm³/mol. The van der Waals surface area contributed by atoms with E-state index in [1.807, 2.05) is 75.4 Å². The molecule has 4 heteroatoms. The van der Waals surface area contributed by atoms with Crippen LogP contribution in [0.1, 0.15) is 43.1 Å². The smallest absolute Gasteiger partial charge is 0.251 e. The van der Waals surface area contributed by atoms with Gasteiger partial charge in [0.05, 0.1) is 6.61 Å². The maximum atomic E-state index is 12.5. The Morgan fingerprint density at radius 1 is 0.900 bits per heavy atom. The lowest BCUT2D eigenvalue weighted by Gasteiger charge is -2.15. The van der Waals surface area contributed by atoms with E-state index in [4.69, 9.17) is 9.47 Å². The summed E-state index contributed by atoms with van der Waals surface area (Å²) in [5.41, 5.74) is 3.77. The molecule has 0 radical (unpaired) electrons. The van der Waals surface area contributed by atoms with Gasteiger partial charge in [-0.05, 0) is 61.7 Å². The summed E-state index contributed by atoms with van der Waals surface area (Å²) in [4.78, 5) is 12.5. The van der Waals surface area contributed by atoms with Gasteiger partial charge in [0.1, 0.15) is 18.1 Å². The highest BCUT2D eigenvalue weighted by molar-refractivity contribution is 5.94. The number of hydrogen-bond acceptors (Lipinski definition) is 3. The quantitative estimate of drug-likeness (QED) is 0.487. The van der Waals surface area contributed by atoms with Crippen molar-refractivity contribution in [3.63, 3.8) is 0 Å². The summed E-state index contributed by atoms with van der Waals surface area (Å²) in [6, 6.07) is 23.9. The van der Waals surface area contributed by atoms with Crippen molar-refractivity contribution >= 4 is 5.91 Å². The molecule has 0 heterocycles. The molecule has 0 spiro atoms. The van der Waals surface area contributed by atoms with Crippen LogP contribution in [0.15, 0.2) is 72.8 Å². The number of rotatable bonds is 9. The van der Waals surface area contributed by atoms with E-state index in [-0.39, 0.29) is 11.9 Å². The minimum atomic E-state index is -0.0825. The van der Waals surface area contributed by atoms with Crippen LogP contribution in [0.5, 0.6) is 11.5 Å². The van der Waals surface area contributed by atoms with Gasteiger partial charge in [0.15, 0.2) is 0 Å². The summed E-state index contributed by atoms with van der Waals surface area (Å²) in [5, 5.41) is 3.00. The first-order valence-electron chi connectivity index (χ1n) is 10.5. The molecule has 0 saturated carbocycles. The lowest BCUT2D eigenvalue weighted by molar-refractivity contribution is 0.0939. The molecule has 3 aromatic carbocycles. The van der Waals surface area contributed by atoms with Gasteiger partial charge in [-0.2, -0.15) is 0 Å². The Bertz CT molecular complexity index is 952. The first-order chi connectivity index (χ1) is 14.6. The Kier molecular flexibility index (Phi) is 7.50. The third-order valence-corrected chi connectivity index (χ3v) is 4.97. The number of hydrogen-bond donors (Lipinski definition) is 1. The van der Waals surface area contributed by atoms with Crippen molar-refractivity contribution in [2.75, 3.05) is 6.61 Å². The van der Waals surface area contributed by atoms with E-state index in [2.05, 4.69) is 17.4 Å². The highest BCUT2D eigenvalue weighted by Crippen LogP contribution is 2.25. The van der Waals surface area contributed by atoms with Crippen molar-refractivity contribution in [2.45, 2.75) is 39.8 Å². The van der Waals surface area contributed by atoms with E-state index in [0.29, 0.717) is 18.8 Å². The summed E-state index contributed by atoms with van der Waals surface area (Å²) in [5.74, 6) is 1.42. The third kappa shape index (κ3) is 5.63. The predicted octanol–water partition coefficient (Wildman–Crippen LogP) is 5.86. The van der Waals surface area contributed by atoms with Crippen LogP contribution in [0.2, 0.25) is 0 Å². The Morgan fingerprint density at radius 3 is 2.27 bits per heavy atom. The van der Waals surface area contributed by atoms with Crippen LogP contribution < -0.4 is 14.8 Å². The fourth-order valence-electron chi connectivity index (χ4n) is 3.07. The van der Waals surface area contributed by atoms with Crippen LogP contribution in [0, 0.1) is 0 Å². The summed E-state index contributed by atoms with van der Waals surface area (Å²) in [6.45, 7) is 6.86. The molecule has 0 bridgehead atoms. The number of benzene rings is 3. The van der Waals surface area contributed by atoms with Gasteiger partial charge < -0.3 is 14.8 Å². The van der Waals surface area contributed by atoms with E-state index >= 15 is 0 Å². The number of carbonyl (C=O) groups excluding carboxylic acids is 1. The average molecular weight is 404 g/mol. The Labute approximate surface area is 178 Å². The molecule has 3 rings (SSSR count). The number of nitrogens with one attached hydrogen (secondary N) is 1. The van der Waals surface area contributed by atoms with Crippen LogP contribution >= 0.6 is 0 Å². The first kappa shape index (κ1) is 21.4. The minimum Gasteiger partial charge on any atom is -0.493 e. The highest BCUT2D eigenvalue weighted by Gasteiger charge is 2.13. The number of amides is 1. The maximum Gasteiger partial charge on any atom is 0.251 e. The molecule has 0 unspecified atom stereocenters. The second-order valence-electron chi connectivity index (χ2n) is 7.22. The van der Waals surface area contributed by atoms with Gasteiger partial charge in [-0.3, -0.25) is 4.79 Å². The second kappa shape index (κ2) is 10.5. The third-order valence-electron chi connectivity index (χ3n) is 4.97. The molecular weight excluding hydrogens is 374 g/mol. The van der Waals surface area contributed by atoms with Crippen molar-refractivity contribution in [1.29, 1.82) is 0 Å². The van der Waals surface area contributed by atoms with Crippen molar-refractivity contribution < 1.29 is 14.3 Å². The Balaban J connectivity index is 1.72. The maximum absolute atomic E-state index is 12.5. The number of ether oxygens (including phenoxy) is 2. The molecule has 30 heavy (non-hydrogen) atoms. The van der Waals surface area contributed by atoms with E-state index in [0.717, 1.165) is 29.0 Å². The molecule has 0 aliphatic rings. The van der Waals surface area contributed by atoms with Gasteiger partial charge in [0.25, 0.3) is 5.91 Å². The Morgan fingerprint density at radius 2 is 1.60 bits per heavy atom. The molecule has 1 amide bonds. The molecule has 156 valence electrons. The molecule has 0 aliphatic carbocycles. The largest absolute Gasteiger partial charge is 0.493 e. The van der Waals surface area contributed by atoms with Crippen LogP contribution in [-0.4, -0.2) is 18.6 Å². The summed E-state index contributed by atoms with van der Waals surface area (Å²) in [6.07, 6.45) is 0.887. The molecule has 0 aromatic heterocycles. The van der Waals surface area contributed by atoms with Gasteiger partial charge in [0, 0.05) is 17.2 Å². The first-order valence-corrected chi connectivity index (χ1v) is 10.5. The monoisotopic (exact) mass is 403 g/mol. The van der Waals surface area contributed by atoms with Crippen molar-refractivity contribution in [3.05, 3.63) is 83.9 Å². The topological polar surface area (TPSA) is 47.6 Å². The van der Waals surface area contributed by atoms with Crippen molar-refractivity contribution in [3.8, 4) is 22.6 Å². The molecule has 1 atom stereocenters. The molecule has 1 N–H and O–H groups in total. The Hall–Kier alpha value is -3.27. The zero-order valence-corrected chi connectivity index (χ0v) is 17.9. The SMILES string of the molecule is CCOc1ccc(C(=O)N[C@@H](C)CC)cc1COc1ccc(-c2ccccc2)cc1. The van der Waals surface area contributed by atoms with Crippen molar-refractivity contribution in [2.24, 2.45) is 0 Å². The molecule has 0 fully saturated rings. The lowest BCUT2D eigenvalue weighted by atomic mass is 10.1. The van der Waals surface area contributed by atoms with Crippen LogP contribution in [0.4, 0.5) is 0 Å². The number of carbonyl (C=O) groups is 1. The summed E-state index contributed by atoms with van der Waals surface area (Å²) >= 11 is 0. The van der Waals surface area contributed by atoms with Crippen LogP contribution in [-0.2, 0) is 6.61 Å². The van der Waals surface area contributed by atoms with Gasteiger partial charge >= 0.3 is 0 Å². The van der Waals surface area contributed by atoms with Gasteiger partial charge in [-0.25, -0.2) is 0 Å². The average Bonchev–Trinajstić information content (AvgIpc) is 2.79. The highest BCUT2D eigenvalue weighted by atomic mass is 16.5. The van der Waals surface area contributed by atoms with Crippen LogP contribution in [0.3, 0.4) is 0 Å². The fraction of sp³-hybridized carbons (Fsp3) is 0.269. The van der Waals surface area contributed by atoms with E-state index in [1.54, 1.807) is 6.07 Å². The van der Waals surface area contributed by atoms with Gasteiger partial charge in [-0.1, -0.05) is 49.4 Å². The summed E-state index contributed by atoms with van der Waals surface area (Å²) < 4.78 is 11.7. The van der Waals surface area contributed by atoms with E-state index < -0.39 is 0 Å². The van der Waals surface area contributed by atoms with Crippen molar-refractivity contribution in [1.82, 2.24) is 5.32 Å². The minimum absolute atomic E-state index is 0.0825. The molecule has 4 nitrogen and oxygen atoms in total. The molecule has 0 aliphatic heterocycles. The lowest BCUT2D eigenvalue weighted by Crippen LogP contribution is -2.32. The zero-order valence-electron chi connectivity index (χ0n) is 17.9. The normalized spacial score (nSPS) is 11.6. The van der Waals surface area contributed by atoms with Gasteiger partial charge in [-0.15, -0.1) is 0 Å². The van der Waals surface area contributed by atoms with Gasteiger partial charge in [0.2, 0.25) is 0 Å². The fourth-order valence-corrected chi connectivity index (χ4v) is 3.07. The molecule has 3 aromatic rings. The van der Waals surface area contributed by atoms with E-state index in [9.17, 15) is 4.79 Å².